The van der Waals surface area contributed by atoms with Crippen LogP contribution in [0.25, 0.3) is 0 Å². The van der Waals surface area contributed by atoms with Gasteiger partial charge in [-0.25, -0.2) is 0 Å². The predicted molar refractivity (Wildman–Crippen MR) is 87.8 cm³/mol. The Labute approximate surface area is 131 Å². The van der Waals surface area contributed by atoms with Gasteiger partial charge >= 0.3 is 0 Å². The lowest BCUT2D eigenvalue weighted by Gasteiger charge is -2.51. The van der Waals surface area contributed by atoms with Gasteiger partial charge in [0.25, 0.3) is 0 Å². The van der Waals surface area contributed by atoms with Crippen molar-refractivity contribution in [2.75, 3.05) is 13.1 Å². The van der Waals surface area contributed by atoms with Crippen LogP contribution in [-0.4, -0.2) is 29.1 Å². The van der Waals surface area contributed by atoms with Gasteiger partial charge in [0, 0.05) is 35.2 Å². The Bertz CT molecular complexity index is 478. The summed E-state index contributed by atoms with van der Waals surface area (Å²) in [6, 6.07) is 8.65. The van der Waals surface area contributed by atoms with Crippen molar-refractivity contribution in [3.05, 3.63) is 34.3 Å². The van der Waals surface area contributed by atoms with Crippen LogP contribution in [0.5, 0.6) is 0 Å². The lowest BCUT2D eigenvalue weighted by Crippen LogP contribution is -2.66. The molecule has 3 rings (SSSR count). The van der Waals surface area contributed by atoms with E-state index in [1.807, 2.05) is 0 Å². The van der Waals surface area contributed by atoms with E-state index in [0.29, 0.717) is 5.54 Å². The van der Waals surface area contributed by atoms with Gasteiger partial charge in [-0.15, -0.1) is 0 Å². The van der Waals surface area contributed by atoms with Crippen molar-refractivity contribution < 1.29 is 0 Å². The molecule has 1 saturated carbocycles. The maximum absolute atomic E-state index is 3.77. The minimum atomic E-state index is 0.217. The molecule has 0 radical (unpaired) electrons. The number of hydrogen-bond acceptors (Lipinski definition) is 2. The van der Waals surface area contributed by atoms with Crippen molar-refractivity contribution in [2.45, 2.75) is 57.2 Å². The van der Waals surface area contributed by atoms with Gasteiger partial charge in [0.2, 0.25) is 0 Å². The second kappa shape index (κ2) is 5.43. The molecule has 1 N–H and O–H groups in total. The van der Waals surface area contributed by atoms with E-state index in [1.165, 1.54) is 35.7 Å². The molecule has 1 aromatic carbocycles. The molecule has 0 amide bonds. The first-order valence-electron chi connectivity index (χ1n) is 7.74. The van der Waals surface area contributed by atoms with E-state index in [4.69, 9.17) is 0 Å². The molecule has 2 aliphatic rings. The summed E-state index contributed by atoms with van der Waals surface area (Å²) >= 11 is 3.71. The van der Waals surface area contributed by atoms with Crippen molar-refractivity contribution in [1.82, 2.24) is 10.2 Å². The summed E-state index contributed by atoms with van der Waals surface area (Å²) in [5.41, 5.74) is 2.02. The quantitative estimate of drug-likeness (QED) is 0.879. The number of nitrogens with zero attached hydrogens (tertiary/aromatic N) is 1. The molecule has 2 fully saturated rings. The first-order valence-corrected chi connectivity index (χ1v) is 8.54. The number of piperazine rings is 1. The van der Waals surface area contributed by atoms with Crippen molar-refractivity contribution in [3.8, 4) is 0 Å². The fraction of sp³-hybridized carbons (Fsp3) is 0.647. The number of benzene rings is 1. The first-order chi connectivity index (χ1) is 9.51. The minimum absolute atomic E-state index is 0.217. The summed E-state index contributed by atoms with van der Waals surface area (Å²) < 4.78 is 1.24. The second-order valence-corrected chi connectivity index (χ2v) is 7.97. The van der Waals surface area contributed by atoms with Gasteiger partial charge in [-0.05, 0) is 38.3 Å². The number of rotatable bonds is 2. The highest BCUT2D eigenvalue weighted by Crippen LogP contribution is 2.39. The Balaban J connectivity index is 1.85. The lowest BCUT2D eigenvalue weighted by molar-refractivity contribution is 0.0120. The molecule has 1 aliphatic heterocycles. The lowest BCUT2D eigenvalue weighted by atomic mass is 9.86. The summed E-state index contributed by atoms with van der Waals surface area (Å²) in [6.07, 6.45) is 5.46. The third-order valence-corrected chi connectivity index (χ3v) is 5.78. The summed E-state index contributed by atoms with van der Waals surface area (Å²) in [5, 5.41) is 3.77. The smallest absolute Gasteiger partial charge is 0.0338 e. The van der Waals surface area contributed by atoms with E-state index in [1.54, 1.807) is 0 Å². The Morgan fingerprint density at radius 3 is 2.60 bits per heavy atom. The number of halogens is 1. The van der Waals surface area contributed by atoms with Crippen LogP contribution in [0.4, 0.5) is 0 Å². The van der Waals surface area contributed by atoms with E-state index in [9.17, 15) is 0 Å². The molecule has 1 spiro atoms. The van der Waals surface area contributed by atoms with Crippen molar-refractivity contribution in [3.63, 3.8) is 0 Å². The summed E-state index contributed by atoms with van der Waals surface area (Å²) in [5.74, 6) is 0. The molecule has 0 bridgehead atoms. The van der Waals surface area contributed by atoms with Crippen molar-refractivity contribution in [2.24, 2.45) is 0 Å². The fourth-order valence-electron chi connectivity index (χ4n) is 3.80. The molecule has 3 heteroatoms. The van der Waals surface area contributed by atoms with Crippen LogP contribution in [0.1, 0.15) is 45.1 Å². The minimum Gasteiger partial charge on any atom is -0.309 e. The maximum atomic E-state index is 3.77. The molecule has 1 aliphatic carbocycles. The molecule has 0 atom stereocenters. The molecule has 0 aromatic heterocycles. The van der Waals surface area contributed by atoms with Crippen molar-refractivity contribution in [1.29, 1.82) is 0 Å². The molecule has 110 valence electrons. The zero-order chi connectivity index (χ0) is 14.2. The van der Waals surface area contributed by atoms with Crippen LogP contribution in [0.15, 0.2) is 28.7 Å². The largest absolute Gasteiger partial charge is 0.309 e. The summed E-state index contributed by atoms with van der Waals surface area (Å²) in [4.78, 5) is 2.75. The summed E-state index contributed by atoms with van der Waals surface area (Å²) in [7, 11) is 0. The topological polar surface area (TPSA) is 15.3 Å². The maximum Gasteiger partial charge on any atom is 0.0338 e. The van der Waals surface area contributed by atoms with Gasteiger partial charge in [0.05, 0.1) is 0 Å². The zero-order valence-electron chi connectivity index (χ0n) is 12.6. The van der Waals surface area contributed by atoms with Crippen molar-refractivity contribution >= 4 is 15.9 Å². The molecule has 1 saturated heterocycles. The Hall–Kier alpha value is -0.380. The highest BCUT2D eigenvalue weighted by molar-refractivity contribution is 9.10. The third kappa shape index (κ3) is 2.81. The van der Waals surface area contributed by atoms with Crippen LogP contribution in [0, 0.1) is 0 Å². The molecule has 0 unspecified atom stereocenters. The number of nitrogens with one attached hydrogen (secondary N) is 1. The van der Waals surface area contributed by atoms with E-state index >= 15 is 0 Å². The number of hydrogen-bond donors (Lipinski definition) is 1. The highest BCUT2D eigenvalue weighted by atomic mass is 79.9. The van der Waals surface area contributed by atoms with E-state index in [2.05, 4.69) is 64.3 Å². The van der Waals surface area contributed by atoms with Gasteiger partial charge in [-0.2, -0.15) is 0 Å². The normalized spacial score (nSPS) is 25.1. The standard InChI is InChI=1S/C17H25BrN2/c1-16(2)13-20(11-14-7-3-4-8-15(14)18)17(12-19-16)9-5-6-10-17/h3-4,7-8,19H,5-6,9-13H2,1-2H3. The van der Waals surface area contributed by atoms with E-state index in [-0.39, 0.29) is 5.54 Å². The molecule has 1 heterocycles. The monoisotopic (exact) mass is 336 g/mol. The van der Waals surface area contributed by atoms with E-state index < -0.39 is 0 Å². The SMILES string of the molecule is CC1(C)CN(Cc2ccccc2Br)C2(CCCC2)CN1. The highest BCUT2D eigenvalue weighted by Gasteiger charge is 2.45. The summed E-state index contributed by atoms with van der Waals surface area (Å²) in [6.45, 7) is 7.98. The molecule has 2 nitrogen and oxygen atoms in total. The van der Waals surface area contributed by atoms with Crippen LogP contribution >= 0.6 is 15.9 Å². The predicted octanol–water partition coefficient (Wildman–Crippen LogP) is 3.95. The Kier molecular flexibility index (Phi) is 3.95. The fourth-order valence-corrected chi connectivity index (χ4v) is 4.21. The Morgan fingerprint density at radius 2 is 1.90 bits per heavy atom. The molecule has 1 aromatic rings. The van der Waals surface area contributed by atoms with Gasteiger partial charge < -0.3 is 5.32 Å². The Morgan fingerprint density at radius 1 is 1.20 bits per heavy atom. The third-order valence-electron chi connectivity index (χ3n) is 5.01. The first kappa shape index (κ1) is 14.6. The molecular formula is C17H25BrN2. The van der Waals surface area contributed by atoms with Crippen LogP contribution in [-0.2, 0) is 6.54 Å². The van der Waals surface area contributed by atoms with Gasteiger partial charge in [0.1, 0.15) is 0 Å². The van der Waals surface area contributed by atoms with Crippen LogP contribution < -0.4 is 5.32 Å². The van der Waals surface area contributed by atoms with Gasteiger partial charge in [-0.3, -0.25) is 4.90 Å². The average molecular weight is 337 g/mol. The van der Waals surface area contributed by atoms with Gasteiger partial charge in [-0.1, -0.05) is 47.0 Å². The second-order valence-electron chi connectivity index (χ2n) is 7.12. The average Bonchev–Trinajstić information content (AvgIpc) is 2.87. The van der Waals surface area contributed by atoms with Gasteiger partial charge in [0.15, 0.2) is 0 Å². The van der Waals surface area contributed by atoms with Crippen LogP contribution in [0.2, 0.25) is 0 Å². The molecular weight excluding hydrogens is 312 g/mol. The van der Waals surface area contributed by atoms with E-state index in [0.717, 1.165) is 19.6 Å². The van der Waals surface area contributed by atoms with Crippen LogP contribution in [0.3, 0.4) is 0 Å². The zero-order valence-corrected chi connectivity index (χ0v) is 14.2. The molecule has 20 heavy (non-hydrogen) atoms.